The molecule has 0 bridgehead atoms. The molecule has 0 saturated carbocycles. The molecule has 2 N–H and O–H groups in total. The highest BCUT2D eigenvalue weighted by atomic mass is 16.5. The Hall–Kier alpha value is -2.50. The highest BCUT2D eigenvalue weighted by Gasteiger charge is 2.13. The summed E-state index contributed by atoms with van der Waals surface area (Å²) < 4.78 is 11.1. The van der Waals surface area contributed by atoms with Gasteiger partial charge in [-0.25, -0.2) is 0 Å². The second-order valence-corrected chi connectivity index (χ2v) is 5.56. The van der Waals surface area contributed by atoms with Crippen molar-refractivity contribution in [3.8, 4) is 5.75 Å². The van der Waals surface area contributed by atoms with E-state index in [1.54, 1.807) is 7.05 Å². The Balaban J connectivity index is 1.97. The highest BCUT2D eigenvalue weighted by molar-refractivity contribution is 5.79. The molecule has 0 aliphatic heterocycles. The van der Waals surface area contributed by atoms with Gasteiger partial charge < -0.3 is 19.9 Å². The van der Waals surface area contributed by atoms with Crippen LogP contribution in [0.5, 0.6) is 5.75 Å². The van der Waals surface area contributed by atoms with Crippen LogP contribution in [0.4, 0.5) is 0 Å². The number of nitrogens with zero attached hydrogens (tertiary/aromatic N) is 2. The standard InChI is InChI=1S/C19H28N4O2/c1-5-16-15(17(6-2)25-23-16)13-22-19(20-4)21-12-14-10-8-9-11-18(14)24-7-3/h8-11H,5-7,12-13H2,1-4H3,(H2,20,21,22). The van der Waals surface area contributed by atoms with E-state index in [2.05, 4.69) is 40.7 Å². The molecule has 0 amide bonds. The monoisotopic (exact) mass is 344 g/mol. The Labute approximate surface area is 149 Å². The number of hydrogen-bond donors (Lipinski definition) is 2. The Kier molecular flexibility index (Phi) is 7.32. The molecular formula is C19H28N4O2. The first-order chi connectivity index (χ1) is 12.2. The first kappa shape index (κ1) is 18.8. The second-order valence-electron chi connectivity index (χ2n) is 5.56. The molecule has 0 atom stereocenters. The number of nitrogens with one attached hydrogen (secondary N) is 2. The van der Waals surface area contributed by atoms with Crippen LogP contribution in [0.3, 0.4) is 0 Å². The van der Waals surface area contributed by atoms with Crippen LogP contribution in [0.25, 0.3) is 0 Å². The molecule has 0 aliphatic carbocycles. The first-order valence-electron chi connectivity index (χ1n) is 8.84. The number of ether oxygens (including phenoxy) is 1. The predicted octanol–water partition coefficient (Wildman–Crippen LogP) is 3.06. The van der Waals surface area contributed by atoms with Gasteiger partial charge in [-0.2, -0.15) is 0 Å². The molecule has 1 heterocycles. The smallest absolute Gasteiger partial charge is 0.191 e. The van der Waals surface area contributed by atoms with Crippen molar-refractivity contribution in [1.82, 2.24) is 15.8 Å². The van der Waals surface area contributed by atoms with Crippen molar-refractivity contribution in [2.75, 3.05) is 13.7 Å². The van der Waals surface area contributed by atoms with Crippen LogP contribution >= 0.6 is 0 Å². The van der Waals surface area contributed by atoms with E-state index in [-0.39, 0.29) is 0 Å². The Bertz CT molecular complexity index is 673. The van der Waals surface area contributed by atoms with E-state index in [0.717, 1.165) is 47.1 Å². The van der Waals surface area contributed by atoms with E-state index in [1.165, 1.54) is 0 Å². The number of hydrogen-bond acceptors (Lipinski definition) is 4. The number of aromatic nitrogens is 1. The molecule has 6 nitrogen and oxygen atoms in total. The Morgan fingerprint density at radius 3 is 2.56 bits per heavy atom. The fraction of sp³-hybridized carbons (Fsp3) is 0.474. The van der Waals surface area contributed by atoms with E-state index in [4.69, 9.17) is 9.26 Å². The number of para-hydroxylation sites is 1. The zero-order valence-corrected chi connectivity index (χ0v) is 15.6. The van der Waals surface area contributed by atoms with Crippen molar-refractivity contribution in [2.45, 2.75) is 46.7 Å². The fourth-order valence-electron chi connectivity index (χ4n) is 2.66. The average Bonchev–Trinajstić information content (AvgIpc) is 3.05. The molecule has 0 spiro atoms. The van der Waals surface area contributed by atoms with Gasteiger partial charge >= 0.3 is 0 Å². The van der Waals surface area contributed by atoms with Gasteiger partial charge in [-0.3, -0.25) is 4.99 Å². The summed E-state index contributed by atoms with van der Waals surface area (Å²) in [7, 11) is 1.76. The maximum Gasteiger partial charge on any atom is 0.191 e. The third-order valence-electron chi connectivity index (χ3n) is 3.98. The second kappa shape index (κ2) is 9.71. The van der Waals surface area contributed by atoms with Crippen molar-refractivity contribution in [2.24, 2.45) is 4.99 Å². The Morgan fingerprint density at radius 2 is 1.88 bits per heavy atom. The number of aliphatic imine (C=N–C) groups is 1. The van der Waals surface area contributed by atoms with Gasteiger partial charge in [0.25, 0.3) is 0 Å². The minimum absolute atomic E-state index is 0.640. The maximum absolute atomic E-state index is 5.66. The summed E-state index contributed by atoms with van der Waals surface area (Å²) in [6.45, 7) is 8.07. The summed E-state index contributed by atoms with van der Waals surface area (Å²) in [5.41, 5.74) is 3.23. The van der Waals surface area contributed by atoms with Gasteiger partial charge in [0.2, 0.25) is 0 Å². The molecular weight excluding hydrogens is 316 g/mol. The lowest BCUT2D eigenvalue weighted by Gasteiger charge is -2.14. The lowest BCUT2D eigenvalue weighted by molar-refractivity contribution is 0.336. The van der Waals surface area contributed by atoms with Crippen LogP contribution in [0.2, 0.25) is 0 Å². The molecule has 0 fully saturated rings. The zero-order chi connectivity index (χ0) is 18.1. The van der Waals surface area contributed by atoms with Crippen molar-refractivity contribution < 1.29 is 9.26 Å². The van der Waals surface area contributed by atoms with E-state index in [1.807, 2.05) is 25.1 Å². The van der Waals surface area contributed by atoms with Gasteiger partial charge in [0.1, 0.15) is 11.5 Å². The molecule has 0 unspecified atom stereocenters. The molecule has 0 saturated heterocycles. The lowest BCUT2D eigenvalue weighted by Crippen LogP contribution is -2.36. The SMILES string of the molecule is CCOc1ccccc1CNC(=NC)NCc1c(CC)noc1CC. The molecule has 2 aromatic rings. The van der Waals surface area contributed by atoms with Crippen molar-refractivity contribution >= 4 is 5.96 Å². The highest BCUT2D eigenvalue weighted by Crippen LogP contribution is 2.18. The summed E-state index contributed by atoms with van der Waals surface area (Å²) in [6, 6.07) is 8.02. The molecule has 136 valence electrons. The van der Waals surface area contributed by atoms with E-state index >= 15 is 0 Å². The van der Waals surface area contributed by atoms with Crippen LogP contribution in [-0.2, 0) is 25.9 Å². The van der Waals surface area contributed by atoms with Gasteiger partial charge in [-0.1, -0.05) is 37.2 Å². The number of rotatable bonds is 8. The van der Waals surface area contributed by atoms with E-state index in [9.17, 15) is 0 Å². The summed E-state index contributed by atoms with van der Waals surface area (Å²) >= 11 is 0. The summed E-state index contributed by atoms with van der Waals surface area (Å²) in [5.74, 6) is 2.56. The quantitative estimate of drug-likeness (QED) is 0.569. The summed E-state index contributed by atoms with van der Waals surface area (Å²) in [5, 5.41) is 10.8. The predicted molar refractivity (Wildman–Crippen MR) is 99.9 cm³/mol. The normalized spacial score (nSPS) is 11.4. The topological polar surface area (TPSA) is 71.7 Å². The number of aryl methyl sites for hydroxylation is 2. The van der Waals surface area contributed by atoms with Crippen molar-refractivity contribution in [1.29, 1.82) is 0 Å². The van der Waals surface area contributed by atoms with Crippen molar-refractivity contribution in [3.63, 3.8) is 0 Å². The molecule has 6 heteroatoms. The third-order valence-corrected chi connectivity index (χ3v) is 3.98. The first-order valence-corrected chi connectivity index (χ1v) is 8.84. The van der Waals surface area contributed by atoms with Crippen LogP contribution in [0, 0.1) is 0 Å². The van der Waals surface area contributed by atoms with Gasteiger partial charge in [-0.15, -0.1) is 0 Å². The molecule has 2 rings (SSSR count). The minimum atomic E-state index is 0.640. The van der Waals surface area contributed by atoms with Gasteiger partial charge in [-0.05, 0) is 19.4 Å². The molecule has 25 heavy (non-hydrogen) atoms. The van der Waals surface area contributed by atoms with Gasteiger partial charge in [0.05, 0.1) is 12.3 Å². The van der Waals surface area contributed by atoms with Crippen LogP contribution < -0.4 is 15.4 Å². The fourth-order valence-corrected chi connectivity index (χ4v) is 2.66. The van der Waals surface area contributed by atoms with Gasteiger partial charge in [0, 0.05) is 37.7 Å². The van der Waals surface area contributed by atoms with Gasteiger partial charge in [0.15, 0.2) is 5.96 Å². The maximum atomic E-state index is 5.66. The van der Waals surface area contributed by atoms with Crippen LogP contribution in [0.15, 0.2) is 33.8 Å². The molecule has 1 aromatic heterocycles. The van der Waals surface area contributed by atoms with Crippen LogP contribution in [-0.4, -0.2) is 24.8 Å². The molecule has 0 aliphatic rings. The lowest BCUT2D eigenvalue weighted by atomic mass is 10.1. The number of benzene rings is 1. The largest absolute Gasteiger partial charge is 0.494 e. The summed E-state index contributed by atoms with van der Waals surface area (Å²) in [6.07, 6.45) is 1.69. The zero-order valence-electron chi connectivity index (χ0n) is 15.6. The summed E-state index contributed by atoms with van der Waals surface area (Å²) in [4.78, 5) is 4.29. The average molecular weight is 344 g/mol. The van der Waals surface area contributed by atoms with E-state index < -0.39 is 0 Å². The third kappa shape index (κ3) is 4.98. The van der Waals surface area contributed by atoms with E-state index in [0.29, 0.717) is 19.7 Å². The van der Waals surface area contributed by atoms with Crippen LogP contribution in [0.1, 0.15) is 43.4 Å². The molecule has 1 aromatic carbocycles. The van der Waals surface area contributed by atoms with Crippen molar-refractivity contribution in [3.05, 3.63) is 46.8 Å². The number of guanidine groups is 1. The minimum Gasteiger partial charge on any atom is -0.494 e. The Morgan fingerprint density at radius 1 is 1.12 bits per heavy atom. The molecule has 0 radical (unpaired) electrons.